The molecule has 1 aliphatic rings. The summed E-state index contributed by atoms with van der Waals surface area (Å²) in [5.74, 6) is -1.26. The van der Waals surface area contributed by atoms with Crippen molar-refractivity contribution >= 4 is 34.8 Å². The quantitative estimate of drug-likeness (QED) is 0.534. The minimum atomic E-state index is -0.748. The first-order chi connectivity index (χ1) is 14.3. The van der Waals surface area contributed by atoms with Crippen LogP contribution in [0.2, 0.25) is 0 Å². The van der Waals surface area contributed by atoms with E-state index in [1.807, 2.05) is 48.7 Å². The minimum Gasteiger partial charge on any atom is -0.342 e. The largest absolute Gasteiger partial charge is 0.342 e. The van der Waals surface area contributed by atoms with Crippen LogP contribution in [0, 0.1) is 0 Å². The number of benzene rings is 2. The van der Waals surface area contributed by atoms with Crippen molar-refractivity contribution in [3.63, 3.8) is 0 Å². The summed E-state index contributed by atoms with van der Waals surface area (Å²) in [4.78, 5) is 38.8. The minimum absolute atomic E-state index is 0.0489. The van der Waals surface area contributed by atoms with E-state index in [4.69, 9.17) is 0 Å². The summed E-state index contributed by atoms with van der Waals surface area (Å²) in [6, 6.07) is 17.2. The van der Waals surface area contributed by atoms with Crippen molar-refractivity contribution in [3.05, 3.63) is 77.5 Å². The van der Waals surface area contributed by atoms with Gasteiger partial charge in [0.15, 0.2) is 0 Å². The maximum atomic E-state index is 13.0. The third kappa shape index (κ3) is 3.52. The summed E-state index contributed by atoms with van der Waals surface area (Å²) in [5, 5.41) is 3.21. The lowest BCUT2D eigenvalue weighted by atomic mass is 10.0. The van der Waals surface area contributed by atoms with Crippen LogP contribution in [0.4, 0.5) is 4.79 Å². The number of barbiturate groups is 1. The summed E-state index contributed by atoms with van der Waals surface area (Å²) >= 11 is 0. The Morgan fingerprint density at radius 2 is 1.60 bits per heavy atom. The predicted octanol–water partition coefficient (Wildman–Crippen LogP) is 3.95. The highest BCUT2D eigenvalue weighted by Gasteiger charge is 2.41. The maximum Gasteiger partial charge on any atom is 0.331 e. The Labute approximate surface area is 174 Å². The molecule has 1 aliphatic heterocycles. The molecular formula is C24H23N3O3. The molecule has 6 heteroatoms. The molecule has 0 atom stereocenters. The van der Waals surface area contributed by atoms with Crippen LogP contribution in [0.25, 0.3) is 17.0 Å². The van der Waals surface area contributed by atoms with Crippen molar-refractivity contribution in [3.8, 4) is 0 Å². The number of nitrogens with zero attached hydrogens (tertiary/aromatic N) is 2. The van der Waals surface area contributed by atoms with Gasteiger partial charge in [0.25, 0.3) is 11.8 Å². The van der Waals surface area contributed by atoms with Gasteiger partial charge in [-0.2, -0.15) is 0 Å². The van der Waals surface area contributed by atoms with Gasteiger partial charge in [0.05, 0.1) is 0 Å². The first kappa shape index (κ1) is 19.6. The summed E-state index contributed by atoms with van der Waals surface area (Å²) in [5.41, 5.74) is 2.10. The molecule has 0 aliphatic carbocycles. The topological polar surface area (TPSA) is 71.4 Å². The maximum absolute atomic E-state index is 13.0. The molecule has 0 unspecified atom stereocenters. The van der Waals surface area contributed by atoms with Crippen molar-refractivity contribution in [2.75, 3.05) is 0 Å². The van der Waals surface area contributed by atoms with Crippen molar-refractivity contribution in [2.24, 2.45) is 0 Å². The Morgan fingerprint density at radius 1 is 0.933 bits per heavy atom. The van der Waals surface area contributed by atoms with Gasteiger partial charge in [0.1, 0.15) is 5.57 Å². The summed E-state index contributed by atoms with van der Waals surface area (Å²) in [6.07, 6.45) is 3.51. The number of hydrogen-bond donors (Lipinski definition) is 1. The highest BCUT2D eigenvalue weighted by atomic mass is 16.2. The molecule has 0 spiro atoms. The lowest BCUT2D eigenvalue weighted by molar-refractivity contribution is -0.133. The first-order valence-corrected chi connectivity index (χ1v) is 9.79. The van der Waals surface area contributed by atoms with Gasteiger partial charge < -0.3 is 4.57 Å². The van der Waals surface area contributed by atoms with Crippen molar-refractivity contribution in [1.82, 2.24) is 14.8 Å². The standard InChI is InChI=1S/C24H23N3O3/c1-24(2,3)27-22(29)19(21(28)25-23(27)30)13-17-15-26(14-16-9-5-4-6-10-16)20-12-8-7-11-18(17)20/h4-13,15H,14H2,1-3H3,(H,25,28,30)/b19-13+. The molecule has 2 heterocycles. The van der Waals surface area contributed by atoms with Gasteiger partial charge in [-0.3, -0.25) is 19.8 Å². The average molecular weight is 401 g/mol. The van der Waals surface area contributed by atoms with E-state index >= 15 is 0 Å². The van der Waals surface area contributed by atoms with Gasteiger partial charge in [0.2, 0.25) is 0 Å². The molecular weight excluding hydrogens is 378 g/mol. The zero-order valence-electron chi connectivity index (χ0n) is 17.2. The second-order valence-electron chi connectivity index (χ2n) is 8.34. The Morgan fingerprint density at radius 3 is 2.30 bits per heavy atom. The monoisotopic (exact) mass is 401 g/mol. The number of aromatic nitrogens is 1. The molecule has 4 rings (SSSR count). The molecule has 0 bridgehead atoms. The number of carbonyl (C=O) groups excluding carboxylic acids is 3. The van der Waals surface area contributed by atoms with Gasteiger partial charge in [-0.25, -0.2) is 4.79 Å². The summed E-state index contributed by atoms with van der Waals surface area (Å²) in [6.45, 7) is 5.92. The normalized spacial score (nSPS) is 16.4. The van der Waals surface area contributed by atoms with E-state index in [9.17, 15) is 14.4 Å². The van der Waals surface area contributed by atoms with E-state index < -0.39 is 23.4 Å². The van der Waals surface area contributed by atoms with E-state index in [0.717, 1.165) is 26.9 Å². The highest BCUT2D eigenvalue weighted by Crippen LogP contribution is 2.27. The van der Waals surface area contributed by atoms with Gasteiger partial charge in [0, 0.05) is 34.7 Å². The molecule has 30 heavy (non-hydrogen) atoms. The van der Waals surface area contributed by atoms with Crippen LogP contribution < -0.4 is 5.32 Å². The van der Waals surface area contributed by atoms with E-state index in [1.165, 1.54) is 0 Å². The van der Waals surface area contributed by atoms with Crippen LogP contribution in [-0.4, -0.2) is 32.9 Å². The molecule has 6 nitrogen and oxygen atoms in total. The average Bonchev–Trinajstić information content (AvgIpc) is 3.02. The predicted molar refractivity (Wildman–Crippen MR) is 116 cm³/mol. The summed E-state index contributed by atoms with van der Waals surface area (Å²) in [7, 11) is 0. The lowest BCUT2D eigenvalue weighted by Gasteiger charge is -2.36. The second-order valence-corrected chi connectivity index (χ2v) is 8.34. The molecule has 1 N–H and O–H groups in total. The van der Waals surface area contributed by atoms with E-state index in [1.54, 1.807) is 26.8 Å². The van der Waals surface area contributed by atoms with Crippen LogP contribution in [0.3, 0.4) is 0 Å². The molecule has 1 fully saturated rings. The van der Waals surface area contributed by atoms with Crippen LogP contribution in [0.5, 0.6) is 0 Å². The Hall–Kier alpha value is -3.67. The third-order valence-electron chi connectivity index (χ3n) is 5.09. The fraction of sp³-hybridized carbons (Fsp3) is 0.208. The molecule has 152 valence electrons. The Kier molecular flexibility index (Phi) is 4.78. The molecule has 3 aromatic rings. The molecule has 0 saturated carbocycles. The molecule has 1 aromatic heterocycles. The second kappa shape index (κ2) is 7.30. The number of urea groups is 1. The number of carbonyl (C=O) groups is 3. The van der Waals surface area contributed by atoms with E-state index in [2.05, 4.69) is 22.0 Å². The zero-order chi connectivity index (χ0) is 21.5. The number of hydrogen-bond acceptors (Lipinski definition) is 3. The molecule has 4 amide bonds. The highest BCUT2D eigenvalue weighted by molar-refractivity contribution is 6.31. The third-order valence-corrected chi connectivity index (χ3v) is 5.09. The Bertz CT molecular complexity index is 1180. The molecule has 0 radical (unpaired) electrons. The van der Waals surface area contributed by atoms with E-state index in [0.29, 0.717) is 6.54 Å². The Balaban J connectivity index is 1.79. The van der Waals surface area contributed by atoms with Gasteiger partial charge >= 0.3 is 6.03 Å². The summed E-state index contributed by atoms with van der Waals surface area (Å²) < 4.78 is 2.09. The van der Waals surface area contributed by atoms with E-state index in [-0.39, 0.29) is 5.57 Å². The number of imide groups is 2. The smallest absolute Gasteiger partial charge is 0.331 e. The number of fused-ring (bicyclic) bond motifs is 1. The van der Waals surface area contributed by atoms with Gasteiger partial charge in [-0.15, -0.1) is 0 Å². The lowest BCUT2D eigenvalue weighted by Crippen LogP contribution is -2.60. The zero-order valence-corrected chi connectivity index (χ0v) is 17.2. The first-order valence-electron chi connectivity index (χ1n) is 9.79. The van der Waals surface area contributed by atoms with Crippen molar-refractivity contribution in [1.29, 1.82) is 0 Å². The van der Waals surface area contributed by atoms with Gasteiger partial charge in [-0.1, -0.05) is 48.5 Å². The molecule has 1 saturated heterocycles. The van der Waals surface area contributed by atoms with Gasteiger partial charge in [-0.05, 0) is 38.5 Å². The number of rotatable bonds is 3. The fourth-order valence-electron chi connectivity index (χ4n) is 3.72. The van der Waals surface area contributed by atoms with Crippen molar-refractivity contribution in [2.45, 2.75) is 32.9 Å². The van der Waals surface area contributed by atoms with Crippen LogP contribution in [-0.2, 0) is 16.1 Å². The fourth-order valence-corrected chi connectivity index (χ4v) is 3.72. The van der Waals surface area contributed by atoms with Crippen LogP contribution in [0.1, 0.15) is 31.9 Å². The molecule has 2 aromatic carbocycles. The van der Waals surface area contributed by atoms with Crippen LogP contribution >= 0.6 is 0 Å². The SMILES string of the molecule is CC(C)(C)N1C(=O)NC(=O)/C(=C\c2cn(Cc3ccccc3)c3ccccc23)C1=O. The number of nitrogens with one attached hydrogen (secondary N) is 1. The number of para-hydroxylation sites is 1. The number of amides is 4. The van der Waals surface area contributed by atoms with Crippen LogP contribution in [0.15, 0.2) is 66.4 Å². The van der Waals surface area contributed by atoms with Crippen molar-refractivity contribution < 1.29 is 14.4 Å².